The largest absolute Gasteiger partial charge is 0.473 e. The Bertz CT molecular complexity index is 779. The van der Waals surface area contributed by atoms with Crippen LogP contribution in [0.15, 0.2) is 47.8 Å². The molecule has 1 atom stereocenters. The Hall–Kier alpha value is -1.99. The van der Waals surface area contributed by atoms with Crippen LogP contribution in [0.25, 0.3) is 0 Å². The first-order chi connectivity index (χ1) is 12.1. The summed E-state index contributed by atoms with van der Waals surface area (Å²) < 4.78 is 33.1. The quantitative estimate of drug-likeness (QED) is 0.791. The van der Waals surface area contributed by atoms with Crippen LogP contribution < -0.4 is 4.74 Å². The summed E-state index contributed by atoms with van der Waals surface area (Å²) in [6, 6.07) is 8.88. The molecular formula is C18H23N3O3S. The number of aromatic nitrogens is 2. The molecule has 1 unspecified atom stereocenters. The van der Waals surface area contributed by atoms with Crippen LogP contribution in [0.1, 0.15) is 31.7 Å². The smallest absolute Gasteiger partial charge is 0.243 e. The van der Waals surface area contributed by atoms with Crippen LogP contribution in [0.3, 0.4) is 0 Å². The summed E-state index contributed by atoms with van der Waals surface area (Å²) in [5.41, 5.74) is 1.16. The SMILES string of the molecule is CCCc1ccc(S(=O)(=O)N2CCCC(Oc3ccncn3)C2)cc1. The normalized spacial score (nSPS) is 18.8. The summed E-state index contributed by atoms with van der Waals surface area (Å²) in [5, 5.41) is 0. The standard InChI is InChI=1S/C18H23N3O3S/c1-2-4-15-6-8-17(9-7-15)25(22,23)21-12-3-5-16(13-21)24-18-10-11-19-14-20-18/h6-11,14,16H,2-5,12-13H2,1H3. The van der Waals surface area contributed by atoms with Crippen LogP contribution in [0, 0.1) is 0 Å². The summed E-state index contributed by atoms with van der Waals surface area (Å²) in [7, 11) is -3.50. The highest BCUT2D eigenvalue weighted by Crippen LogP contribution is 2.23. The van der Waals surface area contributed by atoms with E-state index in [0.717, 1.165) is 31.2 Å². The fourth-order valence-electron chi connectivity index (χ4n) is 3.00. The summed E-state index contributed by atoms with van der Waals surface area (Å²) in [4.78, 5) is 8.24. The first kappa shape index (κ1) is 17.8. The lowest BCUT2D eigenvalue weighted by atomic mass is 10.1. The topological polar surface area (TPSA) is 72.4 Å². The number of benzene rings is 1. The molecule has 1 aliphatic heterocycles. The number of sulfonamides is 1. The Kier molecular flexibility index (Phi) is 5.65. The number of piperidine rings is 1. The molecule has 0 N–H and O–H groups in total. The molecular weight excluding hydrogens is 338 g/mol. The van der Waals surface area contributed by atoms with E-state index in [9.17, 15) is 8.42 Å². The van der Waals surface area contributed by atoms with E-state index >= 15 is 0 Å². The Morgan fingerprint density at radius 1 is 1.24 bits per heavy atom. The number of hydrogen-bond donors (Lipinski definition) is 0. The molecule has 0 radical (unpaired) electrons. The fourth-order valence-corrected chi connectivity index (χ4v) is 4.51. The molecule has 0 aliphatic carbocycles. The summed E-state index contributed by atoms with van der Waals surface area (Å²) in [6.45, 7) is 2.96. The average Bonchev–Trinajstić information content (AvgIpc) is 2.64. The Balaban J connectivity index is 1.71. The number of ether oxygens (including phenoxy) is 1. The second-order valence-electron chi connectivity index (χ2n) is 6.19. The Morgan fingerprint density at radius 2 is 2.04 bits per heavy atom. The maximum absolute atomic E-state index is 12.9. The van der Waals surface area contributed by atoms with Gasteiger partial charge in [-0.1, -0.05) is 25.5 Å². The zero-order chi connectivity index (χ0) is 17.7. The van der Waals surface area contributed by atoms with E-state index in [0.29, 0.717) is 23.9 Å². The van der Waals surface area contributed by atoms with Crippen molar-refractivity contribution in [1.82, 2.24) is 14.3 Å². The van der Waals surface area contributed by atoms with Crippen LogP contribution in [0.4, 0.5) is 0 Å². The number of hydrogen-bond acceptors (Lipinski definition) is 5. The Labute approximate surface area is 148 Å². The molecule has 1 aliphatic rings. The van der Waals surface area contributed by atoms with Gasteiger partial charge in [-0.2, -0.15) is 4.31 Å². The van der Waals surface area contributed by atoms with Gasteiger partial charge in [0.25, 0.3) is 0 Å². The highest BCUT2D eigenvalue weighted by atomic mass is 32.2. The van der Waals surface area contributed by atoms with Crippen molar-refractivity contribution in [2.24, 2.45) is 0 Å². The van der Waals surface area contributed by atoms with Crippen molar-refractivity contribution >= 4 is 10.0 Å². The number of rotatable bonds is 6. The van der Waals surface area contributed by atoms with Crippen LogP contribution in [-0.2, 0) is 16.4 Å². The molecule has 6 nitrogen and oxygen atoms in total. The minimum absolute atomic E-state index is 0.196. The van der Waals surface area contributed by atoms with E-state index in [1.54, 1.807) is 24.4 Å². The first-order valence-corrected chi connectivity index (χ1v) is 10.1. The van der Waals surface area contributed by atoms with Gasteiger partial charge in [-0.05, 0) is 37.0 Å². The lowest BCUT2D eigenvalue weighted by Crippen LogP contribution is -2.44. The molecule has 1 saturated heterocycles. The van der Waals surface area contributed by atoms with Gasteiger partial charge in [-0.3, -0.25) is 0 Å². The van der Waals surface area contributed by atoms with Gasteiger partial charge < -0.3 is 4.74 Å². The maximum Gasteiger partial charge on any atom is 0.243 e. The van der Waals surface area contributed by atoms with Gasteiger partial charge >= 0.3 is 0 Å². The minimum Gasteiger partial charge on any atom is -0.473 e. The van der Waals surface area contributed by atoms with E-state index in [2.05, 4.69) is 16.9 Å². The van der Waals surface area contributed by atoms with Crippen molar-refractivity contribution in [3.63, 3.8) is 0 Å². The number of aryl methyl sites for hydroxylation is 1. The van der Waals surface area contributed by atoms with E-state index in [1.807, 2.05) is 12.1 Å². The third-order valence-electron chi connectivity index (χ3n) is 4.28. The molecule has 0 saturated carbocycles. The van der Waals surface area contributed by atoms with Crippen molar-refractivity contribution in [3.8, 4) is 5.88 Å². The van der Waals surface area contributed by atoms with Crippen molar-refractivity contribution in [3.05, 3.63) is 48.4 Å². The van der Waals surface area contributed by atoms with Gasteiger partial charge in [0.15, 0.2) is 0 Å². The molecule has 7 heteroatoms. The highest BCUT2D eigenvalue weighted by molar-refractivity contribution is 7.89. The third kappa shape index (κ3) is 4.35. The van der Waals surface area contributed by atoms with Crippen molar-refractivity contribution in [1.29, 1.82) is 0 Å². The summed E-state index contributed by atoms with van der Waals surface area (Å²) in [5.74, 6) is 0.475. The predicted octanol–water partition coefficient (Wildman–Crippen LogP) is 2.66. The molecule has 25 heavy (non-hydrogen) atoms. The lowest BCUT2D eigenvalue weighted by molar-refractivity contribution is 0.124. The van der Waals surface area contributed by atoms with E-state index in [1.165, 1.54) is 10.6 Å². The lowest BCUT2D eigenvalue weighted by Gasteiger charge is -2.31. The second kappa shape index (κ2) is 7.93. The average molecular weight is 361 g/mol. The molecule has 0 amide bonds. The minimum atomic E-state index is -3.50. The van der Waals surface area contributed by atoms with Gasteiger partial charge in [-0.15, -0.1) is 0 Å². The van der Waals surface area contributed by atoms with Gasteiger partial charge in [-0.25, -0.2) is 18.4 Å². The van der Waals surface area contributed by atoms with Gasteiger partial charge in [0, 0.05) is 18.8 Å². The molecule has 1 fully saturated rings. The molecule has 0 bridgehead atoms. The van der Waals surface area contributed by atoms with Crippen LogP contribution in [0.5, 0.6) is 5.88 Å². The number of nitrogens with zero attached hydrogens (tertiary/aromatic N) is 3. The summed E-state index contributed by atoms with van der Waals surface area (Å²) in [6.07, 6.45) is 6.41. The van der Waals surface area contributed by atoms with E-state index in [4.69, 9.17) is 4.74 Å². The molecule has 2 aromatic rings. The Morgan fingerprint density at radius 3 is 2.72 bits per heavy atom. The molecule has 0 spiro atoms. The molecule has 134 valence electrons. The van der Waals surface area contributed by atoms with Crippen LogP contribution in [0.2, 0.25) is 0 Å². The van der Waals surface area contributed by atoms with Gasteiger partial charge in [0.1, 0.15) is 12.4 Å². The highest BCUT2D eigenvalue weighted by Gasteiger charge is 2.31. The van der Waals surface area contributed by atoms with E-state index < -0.39 is 10.0 Å². The van der Waals surface area contributed by atoms with Crippen molar-refractivity contribution in [2.75, 3.05) is 13.1 Å². The van der Waals surface area contributed by atoms with Gasteiger partial charge in [0.2, 0.25) is 15.9 Å². The molecule has 3 rings (SSSR count). The van der Waals surface area contributed by atoms with Crippen LogP contribution in [-0.4, -0.2) is 41.9 Å². The first-order valence-electron chi connectivity index (χ1n) is 8.61. The van der Waals surface area contributed by atoms with Gasteiger partial charge in [0.05, 0.1) is 11.4 Å². The second-order valence-corrected chi connectivity index (χ2v) is 8.12. The zero-order valence-electron chi connectivity index (χ0n) is 14.3. The maximum atomic E-state index is 12.9. The summed E-state index contributed by atoms with van der Waals surface area (Å²) >= 11 is 0. The zero-order valence-corrected chi connectivity index (χ0v) is 15.2. The monoisotopic (exact) mass is 361 g/mol. The fraction of sp³-hybridized carbons (Fsp3) is 0.444. The third-order valence-corrected chi connectivity index (χ3v) is 6.16. The predicted molar refractivity (Wildman–Crippen MR) is 94.9 cm³/mol. The molecule has 1 aromatic carbocycles. The molecule has 1 aromatic heterocycles. The van der Waals surface area contributed by atoms with Crippen molar-refractivity contribution < 1.29 is 13.2 Å². The molecule has 2 heterocycles. The van der Waals surface area contributed by atoms with Crippen molar-refractivity contribution in [2.45, 2.75) is 43.6 Å². The van der Waals surface area contributed by atoms with E-state index in [-0.39, 0.29) is 6.10 Å². The van der Waals surface area contributed by atoms with Crippen LogP contribution >= 0.6 is 0 Å².